The molecule has 6 heterocycles. The number of fused-ring (bicyclic) bond motifs is 12. The predicted octanol–water partition coefficient (Wildman–Crippen LogP) is 15.0. The summed E-state index contributed by atoms with van der Waals surface area (Å²) < 4.78 is 11.7. The number of hydrogen-bond acceptors (Lipinski definition) is 4. The minimum Gasteiger partial charge on any atom is -0.509 e. The van der Waals surface area contributed by atoms with E-state index in [1.165, 1.54) is 77.6 Å². The van der Waals surface area contributed by atoms with E-state index in [1.807, 2.05) is 18.3 Å². The summed E-state index contributed by atoms with van der Waals surface area (Å²) in [7, 11) is 2.07. The summed E-state index contributed by atoms with van der Waals surface area (Å²) in [6.07, 6.45) is 1.95. The first kappa shape index (κ1) is 39.0. The number of rotatable bonds is 4. The summed E-state index contributed by atoms with van der Waals surface area (Å²) in [5, 5.41) is 4.74. The van der Waals surface area contributed by atoms with Crippen LogP contribution < -0.4 is 14.5 Å². The average molecular weight is 1030 g/mol. The minimum absolute atomic E-state index is 0. The van der Waals surface area contributed by atoms with Crippen molar-refractivity contribution in [3.63, 3.8) is 0 Å². The SMILES string of the molecule is CN1[CH-]N(c2[c-]c(Oc3[c-]c4c(cc3)c3c5c6c(cc3n4-c3cc(C(C)(C)C)ccn3)-c3ccccc3-c3cccc4c7cccc(c7n-6c34)-c3ccccc3-5)ccc2)c2ccccc21.[Pt]. The van der Waals surface area contributed by atoms with Crippen LogP contribution in [0.25, 0.3) is 99.6 Å². The van der Waals surface area contributed by atoms with E-state index in [9.17, 15) is 0 Å². The largest absolute Gasteiger partial charge is 0.509 e. The Balaban J connectivity index is 0.00000435. The number of hydrogen-bond donors (Lipinski definition) is 0. The van der Waals surface area contributed by atoms with Crippen LogP contribution in [-0.2, 0) is 26.5 Å². The Hall–Kier alpha value is -7.40. The number of pyridine rings is 1. The van der Waals surface area contributed by atoms with Crippen LogP contribution in [0.1, 0.15) is 26.3 Å². The fourth-order valence-electron chi connectivity index (χ4n) is 10.9. The third-order valence-electron chi connectivity index (χ3n) is 13.8. The molecule has 11 aromatic rings. The summed E-state index contributed by atoms with van der Waals surface area (Å²) in [6, 6.07) is 64.5. The van der Waals surface area contributed by atoms with Gasteiger partial charge in [0.05, 0.1) is 16.7 Å². The van der Waals surface area contributed by atoms with Gasteiger partial charge in [0.1, 0.15) is 5.82 Å². The van der Waals surface area contributed by atoms with Crippen molar-refractivity contribution in [1.29, 1.82) is 0 Å². The minimum atomic E-state index is -0.0982. The smallest absolute Gasteiger partial charge is 0.135 e. The molecule has 0 bridgehead atoms. The van der Waals surface area contributed by atoms with Crippen LogP contribution in [0, 0.1) is 18.8 Å². The van der Waals surface area contributed by atoms with Crippen LogP contribution in [-0.4, -0.2) is 21.2 Å². The third kappa shape index (κ3) is 5.36. The Morgan fingerprint density at radius 3 is 1.91 bits per heavy atom. The van der Waals surface area contributed by atoms with Crippen molar-refractivity contribution in [2.45, 2.75) is 26.2 Å². The molecule has 14 rings (SSSR count). The topological polar surface area (TPSA) is 38.5 Å². The molecule has 7 heteroatoms. The second-order valence-corrected chi connectivity index (χ2v) is 18.5. The van der Waals surface area contributed by atoms with Crippen LogP contribution in [0.3, 0.4) is 0 Å². The standard InChI is InChI=1S/C59H40N5O.Pt/c1-59(2,3)35-28-29-60-53(30-35)63-51-32-38(65-37-15-11-14-36(31-37)62-34-61(4)49-24-9-10-25-50(49)62)26-27-47(51)54-52(63)33-48-40-17-6-5-16-39(40)43-20-12-22-45-46-23-13-21-44-41-18-7-8-19-42(41)55(54)58(48)64(56(43)45)57(44)46;/h5-30,33-34H,1-4H3;/q-3;. The van der Waals surface area contributed by atoms with Gasteiger partial charge in [-0.05, 0) is 76.0 Å². The number of benzene rings is 8. The van der Waals surface area contributed by atoms with E-state index < -0.39 is 0 Å². The van der Waals surface area contributed by atoms with Crippen LogP contribution in [0.15, 0.2) is 164 Å². The van der Waals surface area contributed by atoms with Gasteiger partial charge in [-0.3, -0.25) is 0 Å². The van der Waals surface area contributed by atoms with Gasteiger partial charge in [-0.25, -0.2) is 4.98 Å². The molecule has 0 unspecified atom stereocenters. The van der Waals surface area contributed by atoms with E-state index in [1.54, 1.807) is 0 Å². The van der Waals surface area contributed by atoms with Crippen molar-refractivity contribution >= 4 is 60.7 Å². The summed E-state index contributed by atoms with van der Waals surface area (Å²) in [5.74, 6) is 2.04. The zero-order valence-electron chi connectivity index (χ0n) is 36.6. The molecular weight excluding hydrogens is 990 g/mol. The van der Waals surface area contributed by atoms with Crippen molar-refractivity contribution in [3.05, 3.63) is 188 Å². The average Bonchev–Trinajstić information content (AvgIpc) is 3.91. The Morgan fingerprint density at radius 1 is 0.561 bits per heavy atom. The number of anilines is 3. The number of aromatic nitrogens is 3. The van der Waals surface area contributed by atoms with E-state index in [0.29, 0.717) is 11.5 Å². The molecule has 0 spiro atoms. The van der Waals surface area contributed by atoms with E-state index in [2.05, 4.69) is 211 Å². The molecule has 0 atom stereocenters. The summed E-state index contributed by atoms with van der Waals surface area (Å²) in [5.41, 5.74) is 19.5. The fraction of sp³-hybridized carbons (Fsp3) is 0.0847. The van der Waals surface area contributed by atoms with Gasteiger partial charge >= 0.3 is 0 Å². The first-order valence-electron chi connectivity index (χ1n) is 22.3. The number of nitrogens with zero attached hydrogens (tertiary/aromatic N) is 5. The molecule has 0 fully saturated rings. The number of ether oxygens (including phenoxy) is 1. The Kier molecular flexibility index (Phi) is 8.30. The van der Waals surface area contributed by atoms with Gasteiger partial charge < -0.3 is 23.7 Å². The van der Waals surface area contributed by atoms with Crippen molar-refractivity contribution < 1.29 is 25.8 Å². The fourth-order valence-corrected chi connectivity index (χ4v) is 10.9. The zero-order chi connectivity index (χ0) is 43.3. The molecule has 0 amide bonds. The molecule has 66 heavy (non-hydrogen) atoms. The van der Waals surface area contributed by atoms with Crippen LogP contribution in [0.5, 0.6) is 11.5 Å². The van der Waals surface area contributed by atoms with Crippen LogP contribution in [0.2, 0.25) is 0 Å². The molecule has 3 aliphatic heterocycles. The Labute approximate surface area is 397 Å². The van der Waals surface area contributed by atoms with Crippen molar-refractivity contribution in [2.24, 2.45) is 0 Å². The Morgan fingerprint density at radius 2 is 1.18 bits per heavy atom. The molecular formula is C59H40N5OPt-3. The monoisotopic (exact) mass is 1030 g/mol. The van der Waals surface area contributed by atoms with Crippen molar-refractivity contribution in [2.75, 3.05) is 16.8 Å². The zero-order valence-corrected chi connectivity index (χ0v) is 38.9. The summed E-state index contributed by atoms with van der Waals surface area (Å²) >= 11 is 0. The predicted molar refractivity (Wildman–Crippen MR) is 266 cm³/mol. The second-order valence-electron chi connectivity index (χ2n) is 18.5. The maximum absolute atomic E-state index is 6.77. The van der Waals surface area contributed by atoms with Crippen molar-refractivity contribution in [1.82, 2.24) is 14.1 Å². The first-order valence-corrected chi connectivity index (χ1v) is 22.3. The molecule has 6 nitrogen and oxygen atoms in total. The summed E-state index contributed by atoms with van der Waals surface area (Å²) in [6.45, 7) is 8.86. The van der Waals surface area contributed by atoms with Crippen LogP contribution in [0.4, 0.5) is 17.1 Å². The maximum atomic E-state index is 6.77. The molecule has 3 aromatic heterocycles. The molecule has 0 saturated carbocycles. The summed E-state index contributed by atoms with van der Waals surface area (Å²) in [4.78, 5) is 9.44. The molecule has 0 saturated heterocycles. The van der Waals surface area contributed by atoms with Gasteiger partial charge in [-0.15, -0.1) is 41.4 Å². The van der Waals surface area contributed by atoms with Gasteiger partial charge in [0.25, 0.3) is 0 Å². The van der Waals surface area contributed by atoms with E-state index in [-0.39, 0.29) is 26.5 Å². The van der Waals surface area contributed by atoms with Gasteiger partial charge in [0.2, 0.25) is 0 Å². The van der Waals surface area contributed by atoms with Crippen molar-refractivity contribution in [3.8, 4) is 67.5 Å². The molecule has 320 valence electrons. The first-order chi connectivity index (χ1) is 31.8. The third-order valence-corrected chi connectivity index (χ3v) is 13.8. The second kappa shape index (κ2) is 14.0. The van der Waals surface area contributed by atoms with Gasteiger partial charge in [0, 0.05) is 88.7 Å². The quantitative estimate of drug-likeness (QED) is 0.165. The van der Waals surface area contributed by atoms with Gasteiger partial charge in [0.15, 0.2) is 0 Å². The van der Waals surface area contributed by atoms with Gasteiger partial charge in [-0.1, -0.05) is 123 Å². The molecule has 0 aliphatic carbocycles. The molecule has 0 N–H and O–H groups in total. The van der Waals surface area contributed by atoms with E-state index in [4.69, 9.17) is 9.72 Å². The Bertz CT molecular complexity index is 3850. The van der Waals surface area contributed by atoms with Gasteiger partial charge in [-0.2, -0.15) is 18.8 Å². The maximum Gasteiger partial charge on any atom is 0.135 e. The normalized spacial score (nSPS) is 13.2. The molecule has 0 radical (unpaired) electrons. The van der Waals surface area contributed by atoms with Crippen LogP contribution >= 0.6 is 0 Å². The molecule has 3 aliphatic rings. The molecule has 8 aromatic carbocycles. The van der Waals surface area contributed by atoms with E-state index in [0.717, 1.165) is 44.7 Å². The number of para-hydroxylation sites is 4. The van der Waals surface area contributed by atoms with E-state index >= 15 is 0 Å².